The van der Waals surface area contributed by atoms with Gasteiger partial charge in [-0.25, -0.2) is 19.4 Å². The first-order valence-electron chi connectivity index (χ1n) is 7.75. The molecule has 0 fully saturated rings. The zero-order chi connectivity index (χ0) is 20.3. The molecule has 0 atom stereocenters. The van der Waals surface area contributed by atoms with Gasteiger partial charge in [-0.15, -0.1) is 0 Å². The molecule has 0 aliphatic rings. The number of rotatable bonds is 2. The van der Waals surface area contributed by atoms with E-state index in [0.29, 0.717) is 4.90 Å². The minimum atomic E-state index is -1.01. The van der Waals surface area contributed by atoms with Gasteiger partial charge in [-0.1, -0.05) is 11.6 Å². The van der Waals surface area contributed by atoms with Gasteiger partial charge in [0.2, 0.25) is 0 Å². The van der Waals surface area contributed by atoms with Crippen molar-refractivity contribution in [2.24, 2.45) is 0 Å². The summed E-state index contributed by atoms with van der Waals surface area (Å²) in [5.41, 5.74) is -1.67. The third-order valence-corrected chi connectivity index (χ3v) is 2.88. The van der Waals surface area contributed by atoms with Gasteiger partial charge in [-0.05, 0) is 47.6 Å². The molecule has 1 heterocycles. The van der Waals surface area contributed by atoms with E-state index in [1.54, 1.807) is 41.5 Å². The fourth-order valence-electron chi connectivity index (χ4n) is 1.69. The number of aromatic nitrogens is 1. The summed E-state index contributed by atoms with van der Waals surface area (Å²) in [5.74, 6) is -0.880. The van der Waals surface area contributed by atoms with Crippen molar-refractivity contribution >= 4 is 35.6 Å². The first-order chi connectivity index (χ1) is 11.7. The van der Waals surface area contributed by atoms with E-state index in [0.717, 1.165) is 6.20 Å². The van der Waals surface area contributed by atoms with Crippen LogP contribution in [0, 0.1) is 0 Å². The summed E-state index contributed by atoms with van der Waals surface area (Å²) in [4.78, 5) is 41.1. The van der Waals surface area contributed by atoms with Crippen molar-refractivity contribution in [3.8, 4) is 0 Å². The predicted molar refractivity (Wildman–Crippen MR) is 95.5 cm³/mol. The maximum atomic E-state index is 12.5. The van der Waals surface area contributed by atoms with E-state index in [-0.39, 0.29) is 16.4 Å². The Morgan fingerprint density at radius 2 is 1.46 bits per heavy atom. The van der Waals surface area contributed by atoms with Gasteiger partial charge in [0, 0.05) is 6.20 Å². The second-order valence-corrected chi connectivity index (χ2v) is 7.72. The van der Waals surface area contributed by atoms with Crippen LogP contribution in [0.25, 0.3) is 0 Å². The molecule has 0 unspecified atom stereocenters. The van der Waals surface area contributed by atoms with Crippen LogP contribution in [0.15, 0.2) is 12.3 Å². The lowest BCUT2D eigenvalue weighted by Gasteiger charge is -2.28. The van der Waals surface area contributed by atoms with E-state index < -0.39 is 29.4 Å². The van der Waals surface area contributed by atoms with Crippen molar-refractivity contribution in [2.45, 2.75) is 52.7 Å². The van der Waals surface area contributed by atoms with Crippen LogP contribution in [0.4, 0.5) is 15.4 Å². The van der Waals surface area contributed by atoms with E-state index >= 15 is 0 Å². The number of halogens is 1. The highest BCUT2D eigenvalue weighted by molar-refractivity contribution is 6.34. The second kappa shape index (κ2) is 7.90. The van der Waals surface area contributed by atoms with Gasteiger partial charge >= 0.3 is 18.2 Å². The molecule has 0 saturated heterocycles. The molecule has 0 aliphatic carbocycles. The first-order valence-corrected chi connectivity index (χ1v) is 8.13. The number of carbonyl (C=O) groups is 3. The Balaban J connectivity index is 3.34. The monoisotopic (exact) mass is 386 g/mol. The van der Waals surface area contributed by atoms with Gasteiger partial charge in [0.25, 0.3) is 0 Å². The fourth-order valence-corrected chi connectivity index (χ4v) is 1.94. The van der Waals surface area contributed by atoms with E-state index in [9.17, 15) is 14.4 Å². The lowest BCUT2D eigenvalue weighted by atomic mass is 10.2. The molecule has 9 heteroatoms. The van der Waals surface area contributed by atoms with Crippen LogP contribution in [-0.4, -0.2) is 41.5 Å². The average molecular weight is 387 g/mol. The molecule has 144 valence electrons. The van der Waals surface area contributed by atoms with Crippen molar-refractivity contribution in [1.29, 1.82) is 0 Å². The van der Waals surface area contributed by atoms with Gasteiger partial charge in [0.15, 0.2) is 5.82 Å². The number of anilines is 1. The number of hydrogen-bond acceptors (Lipinski definition) is 7. The van der Waals surface area contributed by atoms with Crippen molar-refractivity contribution in [1.82, 2.24) is 4.98 Å². The number of carbonyl (C=O) groups excluding carboxylic acids is 3. The fraction of sp³-hybridized carbons (Fsp3) is 0.529. The van der Waals surface area contributed by atoms with Gasteiger partial charge in [-0.2, -0.15) is 4.90 Å². The zero-order valence-electron chi connectivity index (χ0n) is 15.9. The molecular weight excluding hydrogens is 364 g/mol. The molecule has 1 aromatic heterocycles. The van der Waals surface area contributed by atoms with Crippen LogP contribution in [0.3, 0.4) is 0 Å². The van der Waals surface area contributed by atoms with Crippen LogP contribution in [-0.2, 0) is 14.2 Å². The molecule has 0 saturated carbocycles. The quantitative estimate of drug-likeness (QED) is 0.555. The third-order valence-electron chi connectivity index (χ3n) is 2.61. The molecule has 2 amide bonds. The Hall–Kier alpha value is -2.35. The topological polar surface area (TPSA) is 95.0 Å². The zero-order valence-corrected chi connectivity index (χ0v) is 16.6. The number of ether oxygens (including phenoxy) is 3. The van der Waals surface area contributed by atoms with Crippen LogP contribution in [0.2, 0.25) is 5.02 Å². The summed E-state index contributed by atoms with van der Waals surface area (Å²) in [6, 6.07) is 1.23. The van der Waals surface area contributed by atoms with Crippen LogP contribution in [0.5, 0.6) is 0 Å². The summed E-state index contributed by atoms with van der Waals surface area (Å²) in [5, 5.41) is -0.121. The Bertz CT molecular complexity index is 678. The highest BCUT2D eigenvalue weighted by Crippen LogP contribution is 2.28. The number of amides is 2. The molecule has 26 heavy (non-hydrogen) atoms. The maximum Gasteiger partial charge on any atom is 0.425 e. The Morgan fingerprint density at radius 1 is 1.00 bits per heavy atom. The number of pyridine rings is 1. The van der Waals surface area contributed by atoms with Gasteiger partial charge in [0.05, 0.1) is 17.7 Å². The number of esters is 1. The molecule has 1 rings (SSSR count). The van der Waals surface area contributed by atoms with Gasteiger partial charge in [0.1, 0.15) is 11.2 Å². The van der Waals surface area contributed by atoms with E-state index in [1.165, 1.54) is 13.2 Å². The highest BCUT2D eigenvalue weighted by Gasteiger charge is 2.35. The standard InChI is InChI=1S/C17H23ClN2O6/c1-16(2,3)25-14(22)20(15(23)26-17(4,5)6)12-11(18)8-10(9-19-12)13(21)24-7/h8-9H,1-7H3. The molecule has 0 radical (unpaired) electrons. The van der Waals surface area contributed by atoms with Gasteiger partial charge in [-0.3, -0.25) is 0 Å². The first kappa shape index (κ1) is 21.7. The second-order valence-electron chi connectivity index (χ2n) is 7.32. The maximum absolute atomic E-state index is 12.5. The van der Waals surface area contributed by atoms with E-state index in [1.807, 2.05) is 0 Å². The normalized spacial score (nSPS) is 11.5. The molecule has 0 aromatic carbocycles. The van der Waals surface area contributed by atoms with Crippen LogP contribution >= 0.6 is 11.6 Å². The Morgan fingerprint density at radius 3 is 1.81 bits per heavy atom. The molecule has 0 bridgehead atoms. The molecular formula is C17H23ClN2O6. The van der Waals surface area contributed by atoms with Crippen LogP contribution in [0.1, 0.15) is 51.9 Å². The SMILES string of the molecule is COC(=O)c1cnc(N(C(=O)OC(C)(C)C)C(=O)OC(C)(C)C)c(Cl)c1. The van der Waals surface area contributed by atoms with E-state index in [4.69, 9.17) is 21.1 Å². The lowest BCUT2D eigenvalue weighted by Crippen LogP contribution is -2.44. The van der Waals surface area contributed by atoms with Crippen LogP contribution < -0.4 is 4.90 Å². The van der Waals surface area contributed by atoms with Gasteiger partial charge < -0.3 is 14.2 Å². The molecule has 0 N–H and O–H groups in total. The molecule has 0 aliphatic heterocycles. The van der Waals surface area contributed by atoms with E-state index in [2.05, 4.69) is 9.72 Å². The summed E-state index contributed by atoms with van der Waals surface area (Å²) in [6.07, 6.45) is -0.881. The summed E-state index contributed by atoms with van der Waals surface area (Å²) < 4.78 is 15.1. The number of nitrogens with zero attached hydrogens (tertiary/aromatic N) is 2. The minimum Gasteiger partial charge on any atom is -0.465 e. The lowest BCUT2D eigenvalue weighted by molar-refractivity contribution is 0.0428. The Kier molecular flexibility index (Phi) is 6.59. The molecule has 0 spiro atoms. The third kappa shape index (κ3) is 6.18. The van der Waals surface area contributed by atoms with Crippen molar-refractivity contribution in [3.05, 3.63) is 22.8 Å². The van der Waals surface area contributed by atoms with Crippen molar-refractivity contribution in [3.63, 3.8) is 0 Å². The molecule has 1 aromatic rings. The smallest absolute Gasteiger partial charge is 0.425 e. The summed E-state index contributed by atoms with van der Waals surface area (Å²) in [7, 11) is 1.21. The summed E-state index contributed by atoms with van der Waals surface area (Å²) >= 11 is 6.13. The number of hydrogen-bond donors (Lipinski definition) is 0. The van der Waals surface area contributed by atoms with Crippen molar-refractivity contribution in [2.75, 3.05) is 12.0 Å². The minimum absolute atomic E-state index is 0.0644. The predicted octanol–water partition coefficient (Wildman–Crippen LogP) is 4.20. The number of imide groups is 1. The Labute approximate surface area is 157 Å². The molecule has 8 nitrogen and oxygen atoms in total. The number of methoxy groups -OCH3 is 1. The van der Waals surface area contributed by atoms with Crippen molar-refractivity contribution < 1.29 is 28.6 Å². The largest absolute Gasteiger partial charge is 0.465 e. The average Bonchev–Trinajstić information content (AvgIpc) is 2.44. The highest BCUT2D eigenvalue weighted by atomic mass is 35.5. The summed E-state index contributed by atoms with van der Waals surface area (Å²) in [6.45, 7) is 9.88.